The molecule has 1 rings (SSSR count). The first-order valence-corrected chi connectivity index (χ1v) is 6.94. The minimum atomic E-state index is 0.170. The molecule has 1 aromatic rings. The molecule has 0 fully saturated rings. The van der Waals surface area contributed by atoms with Gasteiger partial charge in [-0.15, -0.1) is 0 Å². The molecule has 1 aromatic carbocycles. The molecule has 4 nitrogen and oxygen atoms in total. The highest BCUT2D eigenvalue weighted by Gasteiger charge is 2.07. The second-order valence-electron chi connectivity index (χ2n) is 4.27. The normalized spacial score (nSPS) is 10.7. The van der Waals surface area contributed by atoms with Gasteiger partial charge >= 0.3 is 0 Å². The Balaban J connectivity index is 2.50. The average molecular weight is 282 g/mol. The predicted octanol–water partition coefficient (Wildman–Crippen LogP) is 1.40. The van der Waals surface area contributed by atoms with Gasteiger partial charge in [-0.2, -0.15) is 0 Å². The number of aliphatic hydroxyl groups is 1. The van der Waals surface area contributed by atoms with Crippen molar-refractivity contribution in [3.05, 3.63) is 29.8 Å². The van der Waals surface area contributed by atoms with E-state index in [-0.39, 0.29) is 6.61 Å². The summed E-state index contributed by atoms with van der Waals surface area (Å²) >= 11 is 4.99. The third kappa shape index (κ3) is 5.55. The van der Waals surface area contributed by atoms with Gasteiger partial charge in [0.15, 0.2) is 0 Å². The molecular formula is C14H22N2O2S. The van der Waals surface area contributed by atoms with E-state index in [1.54, 1.807) is 0 Å². The van der Waals surface area contributed by atoms with E-state index in [9.17, 15) is 0 Å². The third-order valence-electron chi connectivity index (χ3n) is 2.77. The lowest BCUT2D eigenvalue weighted by molar-refractivity contribution is 0.168. The van der Waals surface area contributed by atoms with Gasteiger partial charge in [0.2, 0.25) is 0 Å². The largest absolute Gasteiger partial charge is 0.492 e. The Morgan fingerprint density at radius 2 is 2.05 bits per heavy atom. The number of nitrogens with zero attached hydrogens (tertiary/aromatic N) is 1. The van der Waals surface area contributed by atoms with E-state index < -0.39 is 0 Å². The van der Waals surface area contributed by atoms with Crippen LogP contribution in [0, 0.1) is 0 Å². The highest BCUT2D eigenvalue weighted by atomic mass is 32.1. The van der Waals surface area contributed by atoms with Gasteiger partial charge in [-0.1, -0.05) is 31.3 Å². The van der Waals surface area contributed by atoms with Crippen molar-refractivity contribution in [3.63, 3.8) is 0 Å². The van der Waals surface area contributed by atoms with Gasteiger partial charge in [0.05, 0.1) is 12.2 Å². The van der Waals surface area contributed by atoms with E-state index >= 15 is 0 Å². The molecule has 0 aliphatic carbocycles. The monoisotopic (exact) mass is 282 g/mol. The summed E-state index contributed by atoms with van der Waals surface area (Å²) in [5.41, 5.74) is 6.41. The smallest absolute Gasteiger partial charge is 0.129 e. The van der Waals surface area contributed by atoms with E-state index in [4.69, 9.17) is 27.8 Å². The van der Waals surface area contributed by atoms with E-state index in [1.807, 2.05) is 24.3 Å². The molecule has 0 radical (unpaired) electrons. The van der Waals surface area contributed by atoms with Crippen LogP contribution in [0.2, 0.25) is 0 Å². The molecule has 0 spiro atoms. The molecule has 106 valence electrons. The van der Waals surface area contributed by atoms with Crippen LogP contribution < -0.4 is 10.5 Å². The van der Waals surface area contributed by atoms with Gasteiger partial charge in [-0.25, -0.2) is 0 Å². The summed E-state index contributed by atoms with van der Waals surface area (Å²) in [6.45, 7) is 5.26. The Hall–Kier alpha value is -1.17. The Bertz CT molecular complexity index is 393. The van der Waals surface area contributed by atoms with Crippen molar-refractivity contribution < 1.29 is 9.84 Å². The molecule has 19 heavy (non-hydrogen) atoms. The molecule has 0 amide bonds. The fourth-order valence-corrected chi connectivity index (χ4v) is 2.04. The minimum Gasteiger partial charge on any atom is -0.492 e. The Morgan fingerprint density at radius 3 is 2.68 bits per heavy atom. The van der Waals surface area contributed by atoms with Crippen LogP contribution in [0.15, 0.2) is 24.3 Å². The van der Waals surface area contributed by atoms with Crippen LogP contribution in [0.5, 0.6) is 5.75 Å². The van der Waals surface area contributed by atoms with E-state index in [1.165, 1.54) is 0 Å². The van der Waals surface area contributed by atoms with Crippen molar-refractivity contribution in [2.24, 2.45) is 5.73 Å². The number of hydrogen-bond donors (Lipinski definition) is 2. The summed E-state index contributed by atoms with van der Waals surface area (Å²) in [6.07, 6.45) is 1.06. The summed E-state index contributed by atoms with van der Waals surface area (Å²) in [5.74, 6) is 0.718. The summed E-state index contributed by atoms with van der Waals surface area (Å²) < 4.78 is 5.73. The van der Waals surface area contributed by atoms with Gasteiger partial charge < -0.3 is 15.6 Å². The zero-order valence-corrected chi connectivity index (χ0v) is 12.2. The lowest BCUT2D eigenvalue weighted by Gasteiger charge is -2.20. The summed E-state index contributed by atoms with van der Waals surface area (Å²) in [5, 5.41) is 8.98. The number of nitrogens with two attached hydrogens (primary N) is 1. The summed E-state index contributed by atoms with van der Waals surface area (Å²) in [4.78, 5) is 2.51. The lowest BCUT2D eigenvalue weighted by atomic mass is 10.2. The molecule has 0 aromatic heterocycles. The predicted molar refractivity (Wildman–Crippen MR) is 81.6 cm³/mol. The Kier molecular flexibility index (Phi) is 7.40. The van der Waals surface area contributed by atoms with Crippen LogP contribution >= 0.6 is 12.2 Å². The molecule has 3 N–H and O–H groups in total. The maximum atomic E-state index is 8.98. The van der Waals surface area contributed by atoms with Crippen molar-refractivity contribution in [3.8, 4) is 5.75 Å². The van der Waals surface area contributed by atoms with Crippen LogP contribution in [0.3, 0.4) is 0 Å². The topological polar surface area (TPSA) is 58.7 Å². The SMILES string of the molecule is CCCN(CCO)CCOc1ccccc1C(N)=S. The first-order chi connectivity index (χ1) is 9.19. The minimum absolute atomic E-state index is 0.170. The number of hydrogen-bond acceptors (Lipinski definition) is 4. The fourth-order valence-electron chi connectivity index (χ4n) is 1.87. The number of benzene rings is 1. The van der Waals surface area contributed by atoms with E-state index in [0.29, 0.717) is 18.1 Å². The Morgan fingerprint density at radius 1 is 1.32 bits per heavy atom. The van der Waals surface area contributed by atoms with E-state index in [2.05, 4.69) is 11.8 Å². The standard InChI is InChI=1S/C14H22N2O2S/c1-2-7-16(8-10-17)9-11-18-13-6-4-3-5-12(13)14(15)19/h3-6,17H,2,7-11H2,1H3,(H2,15,19). The van der Waals surface area contributed by atoms with Crippen LogP contribution in [-0.4, -0.2) is 47.8 Å². The van der Waals surface area contributed by atoms with Gasteiger partial charge in [-0.05, 0) is 25.1 Å². The van der Waals surface area contributed by atoms with Gasteiger partial charge in [0.1, 0.15) is 17.3 Å². The molecule has 0 aliphatic rings. The lowest BCUT2D eigenvalue weighted by Crippen LogP contribution is -2.32. The van der Waals surface area contributed by atoms with Crippen LogP contribution in [-0.2, 0) is 0 Å². The quantitative estimate of drug-likeness (QED) is 0.671. The number of ether oxygens (including phenoxy) is 1. The first kappa shape index (κ1) is 15.9. The number of para-hydroxylation sites is 1. The third-order valence-corrected chi connectivity index (χ3v) is 2.99. The maximum Gasteiger partial charge on any atom is 0.129 e. The molecule has 0 bridgehead atoms. The van der Waals surface area contributed by atoms with Gasteiger partial charge in [0.25, 0.3) is 0 Å². The van der Waals surface area contributed by atoms with Gasteiger partial charge in [-0.3, -0.25) is 4.90 Å². The Labute approximate surface area is 120 Å². The zero-order valence-electron chi connectivity index (χ0n) is 11.3. The molecule has 0 saturated heterocycles. The zero-order chi connectivity index (χ0) is 14.1. The summed E-state index contributed by atoms with van der Waals surface area (Å²) in [6, 6.07) is 7.51. The number of aliphatic hydroxyl groups excluding tert-OH is 1. The van der Waals surface area contributed by atoms with Crippen molar-refractivity contribution in [1.29, 1.82) is 0 Å². The molecular weight excluding hydrogens is 260 g/mol. The first-order valence-electron chi connectivity index (χ1n) is 6.53. The molecule has 0 saturated carbocycles. The van der Waals surface area contributed by atoms with Crippen molar-refractivity contribution >= 4 is 17.2 Å². The van der Waals surface area contributed by atoms with Crippen LogP contribution in [0.1, 0.15) is 18.9 Å². The molecule has 0 atom stereocenters. The highest BCUT2D eigenvalue weighted by molar-refractivity contribution is 7.80. The van der Waals surface area contributed by atoms with Crippen molar-refractivity contribution in [2.75, 3.05) is 32.8 Å². The number of thiocarbonyl (C=S) groups is 1. The molecule has 5 heteroatoms. The molecule has 0 heterocycles. The second-order valence-corrected chi connectivity index (χ2v) is 4.71. The van der Waals surface area contributed by atoms with Crippen LogP contribution in [0.25, 0.3) is 0 Å². The summed E-state index contributed by atoms with van der Waals surface area (Å²) in [7, 11) is 0. The highest BCUT2D eigenvalue weighted by Crippen LogP contribution is 2.17. The maximum absolute atomic E-state index is 8.98. The van der Waals surface area contributed by atoms with Gasteiger partial charge in [0, 0.05) is 13.1 Å². The van der Waals surface area contributed by atoms with Crippen molar-refractivity contribution in [2.45, 2.75) is 13.3 Å². The molecule has 0 unspecified atom stereocenters. The fraction of sp³-hybridized carbons (Fsp3) is 0.500. The van der Waals surface area contributed by atoms with Crippen molar-refractivity contribution in [1.82, 2.24) is 4.90 Å². The number of rotatable bonds is 9. The second kappa shape index (κ2) is 8.85. The van der Waals surface area contributed by atoms with Crippen LogP contribution in [0.4, 0.5) is 0 Å². The molecule has 0 aliphatic heterocycles. The van der Waals surface area contributed by atoms with E-state index in [0.717, 1.165) is 30.8 Å². The average Bonchev–Trinajstić information content (AvgIpc) is 2.39.